The fourth-order valence-electron chi connectivity index (χ4n) is 1.36. The summed E-state index contributed by atoms with van der Waals surface area (Å²) in [5, 5.41) is 7.15. The number of aromatic nitrogens is 3. The molecule has 0 spiro atoms. The van der Waals surface area contributed by atoms with Gasteiger partial charge in [-0.15, -0.1) is 5.10 Å². The molecule has 2 aromatic rings. The van der Waals surface area contributed by atoms with Crippen LogP contribution in [0.4, 0.5) is 5.95 Å². The predicted octanol–water partition coefficient (Wildman–Crippen LogP) is 1.89. The van der Waals surface area contributed by atoms with Crippen molar-refractivity contribution in [2.45, 2.75) is 19.8 Å². The maximum absolute atomic E-state index is 4.31. The van der Waals surface area contributed by atoms with Crippen molar-refractivity contribution in [3.63, 3.8) is 0 Å². The van der Waals surface area contributed by atoms with Gasteiger partial charge in [0.15, 0.2) is 5.65 Å². The Morgan fingerprint density at radius 3 is 2.86 bits per heavy atom. The highest BCUT2D eigenvalue weighted by Crippen LogP contribution is 2.15. The molecule has 0 saturated carbocycles. The van der Waals surface area contributed by atoms with E-state index in [-0.39, 0.29) is 0 Å². The van der Waals surface area contributed by atoms with Crippen LogP contribution in [-0.2, 0) is 0 Å². The first-order valence-electron chi connectivity index (χ1n) is 4.75. The number of hydrogen-bond acceptors (Lipinski definition) is 3. The summed E-state index contributed by atoms with van der Waals surface area (Å²) in [6, 6.07) is 4.14. The third-order valence-electron chi connectivity index (χ3n) is 2.25. The molecule has 0 radical (unpaired) electrons. The number of anilines is 1. The molecule has 2 aromatic heterocycles. The molecule has 74 valence electrons. The van der Waals surface area contributed by atoms with E-state index in [1.165, 1.54) is 5.56 Å². The maximum atomic E-state index is 4.31. The standard InChI is InChI=1S/C10H14N4/c1-7(2)8-4-5-14-9(6-8)12-10(11-3)13-14/h4-7H,1-3H3,(H,11,13). The van der Waals surface area contributed by atoms with E-state index >= 15 is 0 Å². The van der Waals surface area contributed by atoms with Crippen molar-refractivity contribution < 1.29 is 0 Å². The Kier molecular flexibility index (Phi) is 2.11. The van der Waals surface area contributed by atoms with Crippen molar-refractivity contribution in [1.29, 1.82) is 0 Å². The van der Waals surface area contributed by atoms with Crippen molar-refractivity contribution in [3.05, 3.63) is 23.9 Å². The molecule has 0 saturated heterocycles. The lowest BCUT2D eigenvalue weighted by atomic mass is 10.1. The largest absolute Gasteiger partial charge is 0.356 e. The number of rotatable bonds is 2. The van der Waals surface area contributed by atoms with Crippen molar-refractivity contribution in [2.24, 2.45) is 0 Å². The summed E-state index contributed by atoms with van der Waals surface area (Å²) in [5.74, 6) is 1.18. The maximum Gasteiger partial charge on any atom is 0.242 e. The van der Waals surface area contributed by atoms with Gasteiger partial charge in [-0.25, -0.2) is 4.52 Å². The summed E-state index contributed by atoms with van der Waals surface area (Å²) >= 11 is 0. The zero-order valence-electron chi connectivity index (χ0n) is 8.65. The summed E-state index contributed by atoms with van der Waals surface area (Å²) < 4.78 is 1.78. The molecular weight excluding hydrogens is 176 g/mol. The second-order valence-corrected chi connectivity index (χ2v) is 3.60. The van der Waals surface area contributed by atoms with E-state index in [0.29, 0.717) is 11.9 Å². The monoisotopic (exact) mass is 190 g/mol. The summed E-state index contributed by atoms with van der Waals surface area (Å²) in [4.78, 5) is 4.31. The number of fused-ring (bicyclic) bond motifs is 1. The molecule has 0 aliphatic carbocycles. The summed E-state index contributed by atoms with van der Waals surface area (Å²) in [6.45, 7) is 4.34. The molecule has 0 bridgehead atoms. The Bertz CT molecular complexity index is 444. The number of hydrogen-bond donors (Lipinski definition) is 1. The molecule has 0 amide bonds. The highest BCUT2D eigenvalue weighted by molar-refractivity contribution is 5.45. The minimum Gasteiger partial charge on any atom is -0.356 e. The lowest BCUT2D eigenvalue weighted by Crippen LogP contribution is -1.92. The van der Waals surface area contributed by atoms with E-state index in [1.807, 2.05) is 13.2 Å². The Balaban J connectivity index is 2.54. The average Bonchev–Trinajstić information content (AvgIpc) is 2.58. The Labute approximate surface area is 83.0 Å². The van der Waals surface area contributed by atoms with Crippen LogP contribution in [0.5, 0.6) is 0 Å². The zero-order chi connectivity index (χ0) is 10.1. The fraction of sp³-hybridized carbons (Fsp3) is 0.400. The van der Waals surface area contributed by atoms with Gasteiger partial charge in [-0.05, 0) is 23.6 Å². The zero-order valence-corrected chi connectivity index (χ0v) is 8.65. The summed E-state index contributed by atoms with van der Waals surface area (Å²) in [5.41, 5.74) is 2.17. The van der Waals surface area contributed by atoms with Gasteiger partial charge in [0.25, 0.3) is 0 Å². The predicted molar refractivity (Wildman–Crippen MR) is 56.6 cm³/mol. The minimum atomic E-state index is 0.523. The van der Waals surface area contributed by atoms with Crippen LogP contribution in [0, 0.1) is 0 Å². The van der Waals surface area contributed by atoms with E-state index in [0.717, 1.165) is 5.65 Å². The topological polar surface area (TPSA) is 42.2 Å². The van der Waals surface area contributed by atoms with Crippen molar-refractivity contribution in [1.82, 2.24) is 14.6 Å². The first-order chi connectivity index (χ1) is 6.70. The number of nitrogens with one attached hydrogen (secondary N) is 1. The van der Waals surface area contributed by atoms with Gasteiger partial charge in [0.05, 0.1) is 0 Å². The normalized spacial score (nSPS) is 11.1. The molecule has 1 N–H and O–H groups in total. The molecule has 4 heteroatoms. The molecule has 4 nitrogen and oxygen atoms in total. The second-order valence-electron chi connectivity index (χ2n) is 3.60. The number of pyridine rings is 1. The fourth-order valence-corrected chi connectivity index (χ4v) is 1.36. The summed E-state index contributed by atoms with van der Waals surface area (Å²) in [6.07, 6.45) is 1.94. The first-order valence-corrected chi connectivity index (χ1v) is 4.75. The van der Waals surface area contributed by atoms with Crippen molar-refractivity contribution >= 4 is 11.6 Å². The molecular formula is C10H14N4. The van der Waals surface area contributed by atoms with E-state index < -0.39 is 0 Å². The van der Waals surface area contributed by atoms with Gasteiger partial charge < -0.3 is 5.32 Å². The molecule has 0 atom stereocenters. The van der Waals surface area contributed by atoms with Crippen LogP contribution < -0.4 is 5.32 Å². The van der Waals surface area contributed by atoms with E-state index in [2.05, 4.69) is 41.4 Å². The van der Waals surface area contributed by atoms with Gasteiger partial charge in [0.2, 0.25) is 5.95 Å². The highest BCUT2D eigenvalue weighted by atomic mass is 15.3. The Morgan fingerprint density at radius 1 is 1.43 bits per heavy atom. The van der Waals surface area contributed by atoms with Gasteiger partial charge in [-0.3, -0.25) is 0 Å². The van der Waals surface area contributed by atoms with Crippen LogP contribution in [-0.4, -0.2) is 21.6 Å². The van der Waals surface area contributed by atoms with Crippen molar-refractivity contribution in [2.75, 3.05) is 12.4 Å². The average molecular weight is 190 g/mol. The van der Waals surface area contributed by atoms with Gasteiger partial charge in [-0.1, -0.05) is 13.8 Å². The van der Waals surface area contributed by atoms with Crippen LogP contribution in [0.1, 0.15) is 25.3 Å². The smallest absolute Gasteiger partial charge is 0.242 e. The van der Waals surface area contributed by atoms with Gasteiger partial charge in [0, 0.05) is 13.2 Å². The van der Waals surface area contributed by atoms with Gasteiger partial charge in [0.1, 0.15) is 0 Å². The van der Waals surface area contributed by atoms with Crippen molar-refractivity contribution in [3.8, 4) is 0 Å². The van der Waals surface area contributed by atoms with Crippen LogP contribution in [0.3, 0.4) is 0 Å². The molecule has 14 heavy (non-hydrogen) atoms. The lowest BCUT2D eigenvalue weighted by Gasteiger charge is -2.03. The van der Waals surface area contributed by atoms with Crippen LogP contribution in [0.15, 0.2) is 18.3 Å². The SMILES string of the molecule is CNc1nc2cc(C(C)C)ccn2n1. The van der Waals surface area contributed by atoms with Crippen LogP contribution in [0.2, 0.25) is 0 Å². The second kappa shape index (κ2) is 3.29. The van der Waals surface area contributed by atoms with E-state index in [4.69, 9.17) is 0 Å². The molecule has 0 aliphatic heterocycles. The molecule has 0 aromatic carbocycles. The third-order valence-corrected chi connectivity index (χ3v) is 2.25. The van der Waals surface area contributed by atoms with Crippen LogP contribution in [0.25, 0.3) is 5.65 Å². The Hall–Kier alpha value is -1.58. The van der Waals surface area contributed by atoms with Gasteiger partial charge in [-0.2, -0.15) is 4.98 Å². The number of nitrogens with zero attached hydrogens (tertiary/aromatic N) is 3. The minimum absolute atomic E-state index is 0.523. The third kappa shape index (κ3) is 1.43. The molecule has 2 rings (SSSR count). The Morgan fingerprint density at radius 2 is 2.21 bits per heavy atom. The van der Waals surface area contributed by atoms with Crippen LogP contribution >= 0.6 is 0 Å². The molecule has 0 unspecified atom stereocenters. The quantitative estimate of drug-likeness (QED) is 0.786. The highest BCUT2D eigenvalue weighted by Gasteiger charge is 2.04. The van der Waals surface area contributed by atoms with Gasteiger partial charge >= 0.3 is 0 Å². The molecule has 0 aliphatic rings. The first kappa shape index (κ1) is 8.99. The summed E-state index contributed by atoms with van der Waals surface area (Å²) in [7, 11) is 1.82. The molecule has 0 fully saturated rings. The van der Waals surface area contributed by atoms with E-state index in [9.17, 15) is 0 Å². The lowest BCUT2D eigenvalue weighted by molar-refractivity contribution is 0.855. The van der Waals surface area contributed by atoms with E-state index in [1.54, 1.807) is 4.52 Å². The molecule has 2 heterocycles.